The number of carbonyl (C=O) groups is 1. The highest BCUT2D eigenvalue weighted by Gasteiger charge is 2.31. The number of rotatable bonds is 5. The Kier molecular flexibility index (Phi) is 4.29. The van der Waals surface area contributed by atoms with Gasteiger partial charge in [-0.25, -0.2) is 8.78 Å². The number of hydrogen-bond donors (Lipinski definition) is 1. The maximum Gasteiger partial charge on any atom is 0.319 e. The van der Waals surface area contributed by atoms with Crippen LogP contribution in [0.15, 0.2) is 0 Å². The van der Waals surface area contributed by atoms with E-state index >= 15 is 0 Å². The van der Waals surface area contributed by atoms with Gasteiger partial charge in [0.25, 0.3) is 6.43 Å². The molecule has 0 saturated heterocycles. The van der Waals surface area contributed by atoms with Crippen LogP contribution in [0.3, 0.4) is 0 Å². The van der Waals surface area contributed by atoms with Crippen molar-refractivity contribution >= 4 is 11.6 Å². The molecule has 0 atom stereocenters. The molecule has 9 heteroatoms. The molecule has 0 radical (unpaired) electrons. The number of carbonyl (C=O) groups excluding carboxylic acids is 1. The average Bonchev–Trinajstić information content (AvgIpc) is 2.56. The minimum absolute atomic E-state index is 0.0680. The molecule has 0 aliphatic rings. The van der Waals surface area contributed by atoms with E-state index in [9.17, 15) is 23.7 Å². The highest BCUT2D eigenvalue weighted by molar-refractivity contribution is 5.75. The van der Waals surface area contributed by atoms with E-state index in [1.165, 1.54) is 6.92 Å². The van der Waals surface area contributed by atoms with E-state index in [2.05, 4.69) is 10.4 Å². The Balaban J connectivity index is 3.11. The van der Waals surface area contributed by atoms with Crippen LogP contribution in [0, 0.1) is 17.0 Å². The lowest BCUT2D eigenvalue weighted by molar-refractivity contribution is -0.386. The second-order valence-corrected chi connectivity index (χ2v) is 3.49. The largest absolute Gasteiger partial charge is 0.355 e. The normalized spacial score (nSPS) is 10.7. The van der Waals surface area contributed by atoms with Gasteiger partial charge in [0.2, 0.25) is 11.6 Å². The maximum absolute atomic E-state index is 12.6. The van der Waals surface area contributed by atoms with Gasteiger partial charge >= 0.3 is 5.69 Å². The van der Waals surface area contributed by atoms with Gasteiger partial charge in [0, 0.05) is 6.54 Å². The van der Waals surface area contributed by atoms with Crippen molar-refractivity contribution in [2.45, 2.75) is 26.8 Å². The zero-order chi connectivity index (χ0) is 13.9. The molecule has 0 aromatic carbocycles. The summed E-state index contributed by atoms with van der Waals surface area (Å²) in [6.45, 7) is 3.02. The molecule has 1 aromatic heterocycles. The average molecular weight is 262 g/mol. The highest BCUT2D eigenvalue weighted by Crippen LogP contribution is 2.30. The number of hydrogen-bond acceptors (Lipinski definition) is 4. The summed E-state index contributed by atoms with van der Waals surface area (Å²) in [6.07, 6.45) is -3.06. The second-order valence-electron chi connectivity index (χ2n) is 3.49. The van der Waals surface area contributed by atoms with Crippen molar-refractivity contribution in [3.8, 4) is 0 Å². The molecule has 1 amide bonds. The molecule has 7 nitrogen and oxygen atoms in total. The molecule has 0 bridgehead atoms. The number of nitrogens with one attached hydrogen (secondary N) is 1. The van der Waals surface area contributed by atoms with E-state index < -0.39 is 28.6 Å². The third-order valence-corrected chi connectivity index (χ3v) is 2.26. The lowest BCUT2D eigenvalue weighted by Gasteiger charge is -2.03. The first-order valence-electron chi connectivity index (χ1n) is 5.15. The van der Waals surface area contributed by atoms with Gasteiger partial charge in [0.1, 0.15) is 12.2 Å². The molecular formula is C9H12F2N4O3. The predicted octanol–water partition coefficient (Wildman–Crippen LogP) is 1.17. The van der Waals surface area contributed by atoms with Crippen LogP contribution in [0.1, 0.15) is 24.7 Å². The smallest absolute Gasteiger partial charge is 0.319 e. The fraction of sp³-hybridized carbons (Fsp3) is 0.556. The zero-order valence-corrected chi connectivity index (χ0v) is 9.81. The molecule has 100 valence electrons. The summed E-state index contributed by atoms with van der Waals surface area (Å²) in [5.41, 5.74) is -1.72. The third kappa shape index (κ3) is 2.79. The predicted molar refractivity (Wildman–Crippen MR) is 57.3 cm³/mol. The molecule has 0 aliphatic carbocycles. The van der Waals surface area contributed by atoms with Crippen molar-refractivity contribution in [1.29, 1.82) is 0 Å². The first-order valence-corrected chi connectivity index (χ1v) is 5.15. The quantitative estimate of drug-likeness (QED) is 0.637. The van der Waals surface area contributed by atoms with Crippen LogP contribution in [-0.4, -0.2) is 27.2 Å². The molecule has 0 aliphatic heterocycles. The van der Waals surface area contributed by atoms with E-state index in [0.717, 1.165) is 4.68 Å². The summed E-state index contributed by atoms with van der Waals surface area (Å²) in [4.78, 5) is 21.1. The molecule has 1 heterocycles. The van der Waals surface area contributed by atoms with Crippen molar-refractivity contribution < 1.29 is 18.5 Å². The molecule has 1 aromatic rings. The van der Waals surface area contributed by atoms with Crippen molar-refractivity contribution in [1.82, 2.24) is 15.1 Å². The Morgan fingerprint density at radius 2 is 2.22 bits per heavy atom. The summed E-state index contributed by atoms with van der Waals surface area (Å²) < 4.78 is 26.1. The van der Waals surface area contributed by atoms with Gasteiger partial charge in [0.05, 0.1) is 4.92 Å². The summed E-state index contributed by atoms with van der Waals surface area (Å²) >= 11 is 0. The molecule has 0 unspecified atom stereocenters. The molecule has 0 spiro atoms. The van der Waals surface area contributed by atoms with Gasteiger partial charge in [-0.05, 0) is 13.8 Å². The lowest BCUT2D eigenvalue weighted by Crippen LogP contribution is -2.28. The Labute approximate surface area is 101 Å². The number of halogens is 2. The monoisotopic (exact) mass is 262 g/mol. The SMILES string of the molecule is CCNC(=O)Cn1nc(C(F)F)c([N+](=O)[O-])c1C. The zero-order valence-electron chi connectivity index (χ0n) is 9.81. The number of amides is 1. The topological polar surface area (TPSA) is 90.1 Å². The number of aromatic nitrogens is 2. The Morgan fingerprint density at radius 1 is 1.61 bits per heavy atom. The summed E-state index contributed by atoms with van der Waals surface area (Å²) in [5.74, 6) is -0.446. The molecule has 1 N–H and O–H groups in total. The fourth-order valence-corrected chi connectivity index (χ4v) is 1.48. The first kappa shape index (κ1) is 14.0. The van der Waals surface area contributed by atoms with E-state index in [4.69, 9.17) is 0 Å². The van der Waals surface area contributed by atoms with E-state index in [0.29, 0.717) is 6.54 Å². The summed E-state index contributed by atoms with van der Waals surface area (Å²) in [6, 6.07) is 0. The number of alkyl halides is 2. The van der Waals surface area contributed by atoms with Crippen molar-refractivity contribution in [3.05, 3.63) is 21.5 Å². The van der Waals surface area contributed by atoms with Crippen LogP contribution in [0.4, 0.5) is 14.5 Å². The number of likely N-dealkylation sites (N-methyl/N-ethyl adjacent to an activating group) is 1. The molecule has 18 heavy (non-hydrogen) atoms. The van der Waals surface area contributed by atoms with Crippen molar-refractivity contribution in [2.75, 3.05) is 6.54 Å². The lowest BCUT2D eigenvalue weighted by atomic mass is 10.3. The van der Waals surface area contributed by atoms with Gasteiger partial charge in [0.15, 0.2) is 0 Å². The van der Waals surface area contributed by atoms with Gasteiger partial charge in [-0.15, -0.1) is 0 Å². The first-order chi connectivity index (χ1) is 8.38. The minimum Gasteiger partial charge on any atom is -0.355 e. The second kappa shape index (κ2) is 5.52. The van der Waals surface area contributed by atoms with Gasteiger partial charge < -0.3 is 5.32 Å². The molecule has 1 rings (SSSR count). The van der Waals surface area contributed by atoms with E-state index in [1.807, 2.05) is 0 Å². The minimum atomic E-state index is -3.06. The fourth-order valence-electron chi connectivity index (χ4n) is 1.48. The summed E-state index contributed by atoms with van der Waals surface area (Å²) in [7, 11) is 0. The molecular weight excluding hydrogens is 250 g/mol. The Bertz CT molecular complexity index is 473. The van der Waals surface area contributed by atoms with Crippen LogP contribution < -0.4 is 5.32 Å². The Hall–Kier alpha value is -2.06. The van der Waals surface area contributed by atoms with Gasteiger partial charge in [-0.1, -0.05) is 0 Å². The molecule has 0 saturated carbocycles. The number of nitrogens with zero attached hydrogens (tertiary/aromatic N) is 3. The number of nitro groups is 1. The molecule has 0 fully saturated rings. The standard InChI is InChI=1S/C9H12F2N4O3/c1-3-12-6(16)4-14-5(2)8(15(17)18)7(13-14)9(10)11/h9H,3-4H2,1-2H3,(H,12,16). The Morgan fingerprint density at radius 3 is 2.61 bits per heavy atom. The highest BCUT2D eigenvalue weighted by atomic mass is 19.3. The van der Waals surface area contributed by atoms with Crippen LogP contribution in [0.25, 0.3) is 0 Å². The van der Waals surface area contributed by atoms with Gasteiger partial charge in [-0.2, -0.15) is 5.10 Å². The van der Waals surface area contributed by atoms with Crippen molar-refractivity contribution in [3.63, 3.8) is 0 Å². The van der Waals surface area contributed by atoms with Crippen LogP contribution in [0.2, 0.25) is 0 Å². The maximum atomic E-state index is 12.6. The van der Waals surface area contributed by atoms with Crippen LogP contribution in [0.5, 0.6) is 0 Å². The van der Waals surface area contributed by atoms with Gasteiger partial charge in [-0.3, -0.25) is 19.6 Å². The van der Waals surface area contributed by atoms with Crippen LogP contribution in [-0.2, 0) is 11.3 Å². The third-order valence-electron chi connectivity index (χ3n) is 2.26. The summed E-state index contributed by atoms with van der Waals surface area (Å²) in [5, 5.41) is 16.6. The van der Waals surface area contributed by atoms with E-state index in [1.54, 1.807) is 6.92 Å². The van der Waals surface area contributed by atoms with Crippen molar-refractivity contribution in [2.24, 2.45) is 0 Å². The van der Waals surface area contributed by atoms with E-state index in [-0.39, 0.29) is 12.2 Å². The van der Waals surface area contributed by atoms with Crippen LogP contribution >= 0.6 is 0 Å².